The van der Waals surface area contributed by atoms with E-state index in [1.807, 2.05) is 62.4 Å². The lowest BCUT2D eigenvalue weighted by molar-refractivity contribution is -0.116. The molecule has 162 valence electrons. The Morgan fingerprint density at radius 2 is 1.55 bits per heavy atom. The largest absolute Gasteiger partial charge is 0.324 e. The zero-order valence-electron chi connectivity index (χ0n) is 17.9. The highest BCUT2D eigenvalue weighted by Crippen LogP contribution is 2.22. The number of sulfonamides is 1. The quantitative estimate of drug-likeness (QED) is 0.540. The van der Waals surface area contributed by atoms with Crippen LogP contribution in [0.4, 0.5) is 5.69 Å². The summed E-state index contributed by atoms with van der Waals surface area (Å²) < 4.78 is 27.8. The van der Waals surface area contributed by atoms with Gasteiger partial charge in [-0.2, -0.15) is 4.31 Å². The molecule has 0 saturated carbocycles. The molecule has 3 rings (SSSR count). The maximum atomic E-state index is 13.3. The van der Waals surface area contributed by atoms with Gasteiger partial charge in [0.15, 0.2) is 0 Å². The Morgan fingerprint density at radius 3 is 2.19 bits per heavy atom. The zero-order chi connectivity index (χ0) is 22.3. The van der Waals surface area contributed by atoms with Crippen LogP contribution in [0.5, 0.6) is 0 Å². The van der Waals surface area contributed by atoms with Crippen molar-refractivity contribution < 1.29 is 13.2 Å². The molecule has 0 fully saturated rings. The van der Waals surface area contributed by atoms with Crippen LogP contribution in [0.15, 0.2) is 83.8 Å². The van der Waals surface area contributed by atoms with Crippen molar-refractivity contribution in [3.05, 3.63) is 95.6 Å². The number of anilines is 1. The first kappa shape index (κ1) is 22.7. The minimum absolute atomic E-state index is 0.181. The fraction of sp³-hybridized carbons (Fsp3) is 0.240. The van der Waals surface area contributed by atoms with Crippen molar-refractivity contribution in [1.29, 1.82) is 0 Å². The predicted molar refractivity (Wildman–Crippen MR) is 125 cm³/mol. The summed E-state index contributed by atoms with van der Waals surface area (Å²) in [6.45, 7) is 3.92. The molecule has 6 heteroatoms. The second kappa shape index (κ2) is 10.4. The molecular weight excluding hydrogens is 408 g/mol. The van der Waals surface area contributed by atoms with E-state index in [-0.39, 0.29) is 23.9 Å². The van der Waals surface area contributed by atoms with Crippen LogP contribution in [0.1, 0.15) is 23.6 Å². The van der Waals surface area contributed by atoms with Crippen molar-refractivity contribution in [3.8, 4) is 0 Å². The van der Waals surface area contributed by atoms with E-state index in [9.17, 15) is 13.2 Å². The highest BCUT2D eigenvalue weighted by molar-refractivity contribution is 7.89. The Labute approximate surface area is 184 Å². The van der Waals surface area contributed by atoms with Crippen molar-refractivity contribution in [2.75, 3.05) is 18.4 Å². The monoisotopic (exact) mass is 436 g/mol. The number of carbonyl (C=O) groups excluding carboxylic acids is 1. The van der Waals surface area contributed by atoms with Gasteiger partial charge in [0.2, 0.25) is 15.9 Å². The number of nitrogens with one attached hydrogen (secondary N) is 1. The summed E-state index contributed by atoms with van der Waals surface area (Å²) in [5.74, 6) is -0.350. The summed E-state index contributed by atoms with van der Waals surface area (Å²) >= 11 is 0. The molecule has 3 aromatic carbocycles. The number of aryl methyl sites for hydroxylation is 2. The molecule has 0 radical (unpaired) electrons. The van der Waals surface area contributed by atoms with E-state index in [0.717, 1.165) is 28.8 Å². The number of hydrogen-bond donors (Lipinski definition) is 1. The standard InChI is InChI=1S/C25H28N2O3S/c1-3-22-14-10-11-20(2)25(22)26-24(28)19-27(18-17-21-12-6-4-7-13-21)31(29,30)23-15-8-5-9-16-23/h4-16H,3,17-19H2,1-2H3,(H,26,28). The van der Waals surface area contributed by atoms with E-state index in [2.05, 4.69) is 5.32 Å². The summed E-state index contributed by atoms with van der Waals surface area (Å²) in [5.41, 5.74) is 3.75. The Morgan fingerprint density at radius 1 is 0.903 bits per heavy atom. The molecule has 3 aromatic rings. The Kier molecular flexibility index (Phi) is 7.60. The molecule has 0 bridgehead atoms. The van der Waals surface area contributed by atoms with Crippen LogP contribution in [0, 0.1) is 6.92 Å². The lowest BCUT2D eigenvalue weighted by Crippen LogP contribution is -2.39. The third-order valence-electron chi connectivity index (χ3n) is 5.20. The van der Waals surface area contributed by atoms with Crippen LogP contribution in [0.25, 0.3) is 0 Å². The van der Waals surface area contributed by atoms with E-state index in [0.29, 0.717) is 6.42 Å². The van der Waals surface area contributed by atoms with E-state index in [1.165, 1.54) is 4.31 Å². The molecule has 0 aromatic heterocycles. The Balaban J connectivity index is 1.83. The number of carbonyl (C=O) groups is 1. The lowest BCUT2D eigenvalue weighted by atomic mass is 10.1. The number of amides is 1. The van der Waals surface area contributed by atoms with Crippen molar-refractivity contribution in [2.45, 2.75) is 31.6 Å². The first-order valence-corrected chi connectivity index (χ1v) is 11.8. The maximum absolute atomic E-state index is 13.3. The topological polar surface area (TPSA) is 66.5 Å². The van der Waals surface area contributed by atoms with Gasteiger partial charge in [-0.1, -0.05) is 73.7 Å². The van der Waals surface area contributed by atoms with Crippen molar-refractivity contribution >= 4 is 21.6 Å². The van der Waals surface area contributed by atoms with E-state index < -0.39 is 10.0 Å². The molecule has 1 N–H and O–H groups in total. The van der Waals surface area contributed by atoms with Crippen molar-refractivity contribution in [1.82, 2.24) is 4.31 Å². The van der Waals surface area contributed by atoms with Crippen molar-refractivity contribution in [2.24, 2.45) is 0 Å². The van der Waals surface area contributed by atoms with Crippen LogP contribution in [-0.4, -0.2) is 31.7 Å². The number of rotatable bonds is 9. The second-order valence-electron chi connectivity index (χ2n) is 7.40. The average Bonchev–Trinajstić information content (AvgIpc) is 2.79. The molecule has 0 atom stereocenters. The highest BCUT2D eigenvalue weighted by atomic mass is 32.2. The van der Waals surface area contributed by atoms with Gasteiger partial charge in [0.1, 0.15) is 0 Å². The average molecular weight is 437 g/mol. The molecule has 0 saturated heterocycles. The van der Waals surface area contributed by atoms with E-state index in [1.54, 1.807) is 30.3 Å². The molecule has 31 heavy (non-hydrogen) atoms. The molecule has 0 unspecified atom stereocenters. The summed E-state index contributed by atoms with van der Waals surface area (Å²) in [6.07, 6.45) is 1.29. The molecule has 0 heterocycles. The van der Waals surface area contributed by atoms with Crippen LogP contribution in [-0.2, 0) is 27.7 Å². The van der Waals surface area contributed by atoms with Gasteiger partial charge < -0.3 is 5.32 Å². The third kappa shape index (κ3) is 5.81. The fourth-order valence-electron chi connectivity index (χ4n) is 3.47. The minimum atomic E-state index is -3.81. The summed E-state index contributed by atoms with van der Waals surface area (Å²) in [7, 11) is -3.81. The molecule has 0 spiro atoms. The third-order valence-corrected chi connectivity index (χ3v) is 7.06. The number of benzene rings is 3. The smallest absolute Gasteiger partial charge is 0.243 e. The number of hydrogen-bond acceptors (Lipinski definition) is 3. The van der Waals surface area contributed by atoms with Gasteiger partial charge in [0.25, 0.3) is 0 Å². The maximum Gasteiger partial charge on any atom is 0.243 e. The second-order valence-corrected chi connectivity index (χ2v) is 9.34. The van der Waals surface area contributed by atoms with Gasteiger partial charge in [-0.05, 0) is 48.6 Å². The molecule has 0 aliphatic rings. The van der Waals surface area contributed by atoms with Gasteiger partial charge in [-0.25, -0.2) is 8.42 Å². The van der Waals surface area contributed by atoms with Gasteiger partial charge >= 0.3 is 0 Å². The highest BCUT2D eigenvalue weighted by Gasteiger charge is 2.26. The number of para-hydroxylation sites is 1. The zero-order valence-corrected chi connectivity index (χ0v) is 18.7. The van der Waals surface area contributed by atoms with Gasteiger partial charge in [-0.3, -0.25) is 4.79 Å². The molecule has 0 aliphatic heterocycles. The first-order valence-electron chi connectivity index (χ1n) is 10.4. The normalized spacial score (nSPS) is 11.5. The van der Waals surface area contributed by atoms with Gasteiger partial charge in [-0.15, -0.1) is 0 Å². The first-order chi connectivity index (χ1) is 14.9. The van der Waals surface area contributed by atoms with Crippen molar-refractivity contribution in [3.63, 3.8) is 0 Å². The molecule has 5 nitrogen and oxygen atoms in total. The van der Waals surface area contributed by atoms with E-state index >= 15 is 0 Å². The molecule has 1 amide bonds. The Bertz CT molecular complexity index is 1110. The predicted octanol–water partition coefficient (Wildman–Crippen LogP) is 4.43. The SMILES string of the molecule is CCc1cccc(C)c1NC(=O)CN(CCc1ccccc1)S(=O)(=O)c1ccccc1. The van der Waals surface area contributed by atoms with Gasteiger partial charge in [0, 0.05) is 12.2 Å². The summed E-state index contributed by atoms with van der Waals surface area (Å²) in [5, 5.41) is 2.94. The van der Waals surface area contributed by atoms with Crippen LogP contribution in [0.3, 0.4) is 0 Å². The summed E-state index contributed by atoms with van der Waals surface area (Å²) in [6, 6.07) is 23.8. The molecular formula is C25H28N2O3S. The van der Waals surface area contributed by atoms with Gasteiger partial charge in [0.05, 0.1) is 11.4 Å². The summed E-state index contributed by atoms with van der Waals surface area (Å²) in [4.78, 5) is 13.1. The Hall–Kier alpha value is -2.96. The molecule has 0 aliphatic carbocycles. The van der Waals surface area contributed by atoms with Crippen LogP contribution < -0.4 is 5.32 Å². The fourth-order valence-corrected chi connectivity index (χ4v) is 4.88. The van der Waals surface area contributed by atoms with E-state index in [4.69, 9.17) is 0 Å². The van der Waals surface area contributed by atoms with Crippen LogP contribution >= 0.6 is 0 Å². The minimum Gasteiger partial charge on any atom is -0.324 e. The van der Waals surface area contributed by atoms with Crippen LogP contribution in [0.2, 0.25) is 0 Å². The number of nitrogens with zero attached hydrogens (tertiary/aromatic N) is 1. The lowest BCUT2D eigenvalue weighted by Gasteiger charge is -2.22.